The number of phenolic OH excluding ortho intramolecular Hbond substituents is 1. The van der Waals surface area contributed by atoms with E-state index in [2.05, 4.69) is 10.2 Å². The standard InChI is InChI=1S/C15H22N2O3/c1-3-15(14(19)20-2,17-10-8-16-9-11-17)12-4-6-13(18)7-5-12/h4-7,16,18H,3,8-11H2,1-2H3. The molecule has 1 aliphatic heterocycles. The predicted molar refractivity (Wildman–Crippen MR) is 76.5 cm³/mol. The van der Waals surface area contributed by atoms with Crippen molar-refractivity contribution >= 4 is 5.97 Å². The number of phenols is 1. The summed E-state index contributed by atoms with van der Waals surface area (Å²) in [4.78, 5) is 14.7. The Labute approximate surface area is 119 Å². The number of aromatic hydroxyl groups is 1. The van der Waals surface area contributed by atoms with E-state index in [1.807, 2.05) is 6.92 Å². The summed E-state index contributed by atoms with van der Waals surface area (Å²) in [6.45, 7) is 5.30. The van der Waals surface area contributed by atoms with Crippen LogP contribution in [0.3, 0.4) is 0 Å². The second-order valence-electron chi connectivity index (χ2n) is 4.99. The molecule has 5 heteroatoms. The molecular weight excluding hydrogens is 256 g/mol. The van der Waals surface area contributed by atoms with Gasteiger partial charge >= 0.3 is 5.97 Å². The summed E-state index contributed by atoms with van der Waals surface area (Å²) < 4.78 is 5.08. The molecule has 0 aliphatic carbocycles. The van der Waals surface area contributed by atoms with Crippen molar-refractivity contribution in [2.75, 3.05) is 33.3 Å². The first-order chi connectivity index (χ1) is 9.65. The van der Waals surface area contributed by atoms with Crippen molar-refractivity contribution in [1.82, 2.24) is 10.2 Å². The van der Waals surface area contributed by atoms with Crippen LogP contribution in [0.4, 0.5) is 0 Å². The molecule has 1 aromatic carbocycles. The molecule has 1 aromatic rings. The van der Waals surface area contributed by atoms with E-state index in [0.717, 1.165) is 31.7 Å². The van der Waals surface area contributed by atoms with Crippen molar-refractivity contribution in [3.63, 3.8) is 0 Å². The van der Waals surface area contributed by atoms with Crippen LogP contribution in [0.2, 0.25) is 0 Å². The van der Waals surface area contributed by atoms with E-state index in [9.17, 15) is 9.90 Å². The summed E-state index contributed by atoms with van der Waals surface area (Å²) in [6, 6.07) is 6.84. The molecular formula is C15H22N2O3. The molecule has 0 aromatic heterocycles. The van der Waals surface area contributed by atoms with Crippen LogP contribution in [-0.4, -0.2) is 49.3 Å². The molecule has 0 saturated carbocycles. The smallest absolute Gasteiger partial charge is 0.330 e. The summed E-state index contributed by atoms with van der Waals surface area (Å²) in [5.41, 5.74) is 0.0939. The number of nitrogens with one attached hydrogen (secondary N) is 1. The molecule has 1 aliphatic rings. The van der Waals surface area contributed by atoms with E-state index in [1.165, 1.54) is 7.11 Å². The SMILES string of the molecule is CCC(C(=O)OC)(c1ccc(O)cc1)N1CCNCC1. The lowest BCUT2D eigenvalue weighted by atomic mass is 9.84. The second kappa shape index (κ2) is 6.24. The number of hydrogen-bond acceptors (Lipinski definition) is 5. The average molecular weight is 278 g/mol. The molecule has 1 saturated heterocycles. The molecule has 1 fully saturated rings. The van der Waals surface area contributed by atoms with Crippen LogP contribution in [-0.2, 0) is 15.1 Å². The lowest BCUT2D eigenvalue weighted by Crippen LogP contribution is -2.58. The van der Waals surface area contributed by atoms with Crippen molar-refractivity contribution in [3.05, 3.63) is 29.8 Å². The zero-order valence-corrected chi connectivity index (χ0v) is 12.1. The lowest BCUT2D eigenvalue weighted by Gasteiger charge is -2.43. The number of carbonyl (C=O) groups is 1. The molecule has 0 spiro atoms. The van der Waals surface area contributed by atoms with Gasteiger partial charge in [0.05, 0.1) is 7.11 Å². The van der Waals surface area contributed by atoms with E-state index in [1.54, 1.807) is 24.3 Å². The van der Waals surface area contributed by atoms with Crippen LogP contribution in [0, 0.1) is 0 Å². The van der Waals surface area contributed by atoms with Crippen molar-refractivity contribution < 1.29 is 14.6 Å². The Morgan fingerprint density at radius 1 is 1.35 bits per heavy atom. The number of carbonyl (C=O) groups excluding carboxylic acids is 1. The maximum Gasteiger partial charge on any atom is 0.330 e. The Kier molecular flexibility index (Phi) is 4.62. The van der Waals surface area contributed by atoms with Gasteiger partial charge in [0, 0.05) is 26.2 Å². The monoisotopic (exact) mass is 278 g/mol. The molecule has 20 heavy (non-hydrogen) atoms. The molecule has 1 heterocycles. The molecule has 0 amide bonds. The van der Waals surface area contributed by atoms with E-state index >= 15 is 0 Å². The molecule has 110 valence electrons. The average Bonchev–Trinajstić information content (AvgIpc) is 2.51. The van der Waals surface area contributed by atoms with Gasteiger partial charge in [-0.15, -0.1) is 0 Å². The third-order valence-corrected chi connectivity index (χ3v) is 4.04. The fourth-order valence-electron chi connectivity index (χ4n) is 2.95. The van der Waals surface area contributed by atoms with Gasteiger partial charge in [-0.2, -0.15) is 0 Å². The molecule has 0 radical (unpaired) electrons. The number of nitrogens with zero attached hydrogens (tertiary/aromatic N) is 1. The van der Waals surface area contributed by atoms with Crippen molar-refractivity contribution in [2.24, 2.45) is 0 Å². The Morgan fingerprint density at radius 2 is 1.95 bits per heavy atom. The van der Waals surface area contributed by atoms with Gasteiger partial charge in [-0.3, -0.25) is 4.90 Å². The Hall–Kier alpha value is -1.59. The first-order valence-electron chi connectivity index (χ1n) is 6.99. The summed E-state index contributed by atoms with van der Waals surface area (Å²) in [5.74, 6) is -0.0449. The van der Waals surface area contributed by atoms with E-state index in [-0.39, 0.29) is 11.7 Å². The van der Waals surface area contributed by atoms with E-state index in [4.69, 9.17) is 4.74 Å². The van der Waals surface area contributed by atoms with Gasteiger partial charge in [-0.1, -0.05) is 19.1 Å². The van der Waals surface area contributed by atoms with Gasteiger partial charge in [-0.05, 0) is 24.1 Å². The highest BCUT2D eigenvalue weighted by molar-refractivity contribution is 5.82. The Morgan fingerprint density at radius 3 is 2.45 bits per heavy atom. The highest BCUT2D eigenvalue weighted by Gasteiger charge is 2.45. The number of benzene rings is 1. The molecule has 2 rings (SSSR count). The van der Waals surface area contributed by atoms with Gasteiger partial charge in [-0.25, -0.2) is 4.79 Å². The van der Waals surface area contributed by atoms with Crippen molar-refractivity contribution in [1.29, 1.82) is 0 Å². The first kappa shape index (κ1) is 14.8. The number of esters is 1. The minimum atomic E-state index is -0.773. The zero-order chi connectivity index (χ0) is 14.6. The summed E-state index contributed by atoms with van der Waals surface area (Å²) in [7, 11) is 1.43. The maximum absolute atomic E-state index is 12.5. The third kappa shape index (κ3) is 2.51. The number of hydrogen-bond donors (Lipinski definition) is 2. The van der Waals surface area contributed by atoms with E-state index < -0.39 is 5.54 Å². The topological polar surface area (TPSA) is 61.8 Å². The number of methoxy groups -OCH3 is 1. The van der Waals surface area contributed by atoms with Gasteiger partial charge in [0.25, 0.3) is 0 Å². The highest BCUT2D eigenvalue weighted by atomic mass is 16.5. The van der Waals surface area contributed by atoms with Crippen LogP contribution in [0.15, 0.2) is 24.3 Å². The minimum absolute atomic E-state index is 0.198. The number of ether oxygens (including phenoxy) is 1. The maximum atomic E-state index is 12.5. The molecule has 0 bridgehead atoms. The van der Waals surface area contributed by atoms with Crippen molar-refractivity contribution in [3.8, 4) is 5.75 Å². The minimum Gasteiger partial charge on any atom is -0.508 e. The molecule has 1 unspecified atom stereocenters. The Balaban J connectivity index is 2.46. The van der Waals surface area contributed by atoms with Crippen LogP contribution < -0.4 is 5.32 Å². The fourth-order valence-corrected chi connectivity index (χ4v) is 2.95. The predicted octanol–water partition coefficient (Wildman–Crippen LogP) is 1.08. The van der Waals surface area contributed by atoms with Crippen LogP contribution >= 0.6 is 0 Å². The molecule has 5 nitrogen and oxygen atoms in total. The van der Waals surface area contributed by atoms with Gasteiger partial charge in [0.1, 0.15) is 11.3 Å². The second-order valence-corrected chi connectivity index (χ2v) is 4.99. The zero-order valence-electron chi connectivity index (χ0n) is 12.1. The number of piperazine rings is 1. The summed E-state index contributed by atoms with van der Waals surface area (Å²) in [5, 5.41) is 12.8. The Bertz CT molecular complexity index is 455. The quantitative estimate of drug-likeness (QED) is 0.807. The molecule has 1 atom stereocenters. The highest BCUT2D eigenvalue weighted by Crippen LogP contribution is 2.34. The fraction of sp³-hybridized carbons (Fsp3) is 0.533. The normalized spacial score (nSPS) is 19.3. The third-order valence-electron chi connectivity index (χ3n) is 4.04. The van der Waals surface area contributed by atoms with Gasteiger partial charge < -0.3 is 15.2 Å². The number of rotatable bonds is 4. The summed E-state index contributed by atoms with van der Waals surface area (Å²) in [6.07, 6.45) is 0.629. The first-order valence-corrected chi connectivity index (χ1v) is 6.99. The van der Waals surface area contributed by atoms with E-state index in [0.29, 0.717) is 6.42 Å². The van der Waals surface area contributed by atoms with Crippen LogP contribution in [0.25, 0.3) is 0 Å². The molecule has 2 N–H and O–H groups in total. The summed E-state index contributed by atoms with van der Waals surface area (Å²) >= 11 is 0. The van der Waals surface area contributed by atoms with Crippen LogP contribution in [0.1, 0.15) is 18.9 Å². The van der Waals surface area contributed by atoms with Gasteiger partial charge in [0.15, 0.2) is 0 Å². The van der Waals surface area contributed by atoms with Crippen LogP contribution in [0.5, 0.6) is 5.75 Å². The van der Waals surface area contributed by atoms with Gasteiger partial charge in [0.2, 0.25) is 0 Å². The largest absolute Gasteiger partial charge is 0.508 e. The van der Waals surface area contributed by atoms with Crippen molar-refractivity contribution in [2.45, 2.75) is 18.9 Å². The lowest BCUT2D eigenvalue weighted by molar-refractivity contribution is -0.157.